The maximum atomic E-state index is 13.3. The summed E-state index contributed by atoms with van der Waals surface area (Å²) >= 11 is 7.45. The fourth-order valence-corrected chi connectivity index (χ4v) is 4.45. The fraction of sp³-hybridized carbons (Fsp3) is 0.190. The third kappa shape index (κ3) is 4.24. The van der Waals surface area contributed by atoms with Crippen LogP contribution in [0.25, 0.3) is 0 Å². The summed E-state index contributed by atoms with van der Waals surface area (Å²) in [5, 5.41) is 12.4. The highest BCUT2D eigenvalue weighted by Gasteiger charge is 2.40. The number of likely N-dealkylation sites (N-methyl/N-ethyl adjacent to an activating group) is 1. The van der Waals surface area contributed by atoms with Crippen LogP contribution in [0, 0.1) is 11.3 Å². The minimum Gasteiger partial charge on any atom is -0.497 e. The van der Waals surface area contributed by atoms with E-state index < -0.39 is 11.2 Å². The van der Waals surface area contributed by atoms with Gasteiger partial charge in [0.25, 0.3) is 5.91 Å². The summed E-state index contributed by atoms with van der Waals surface area (Å²) in [6.07, 6.45) is 0.381. The Morgan fingerprint density at radius 3 is 2.55 bits per heavy atom. The number of anilines is 1. The molecule has 8 heteroatoms. The highest BCUT2D eigenvalue weighted by molar-refractivity contribution is 8.05. The number of hydrogen-bond acceptors (Lipinski definition) is 5. The van der Waals surface area contributed by atoms with Crippen molar-refractivity contribution in [2.75, 3.05) is 19.1 Å². The van der Waals surface area contributed by atoms with E-state index in [0.717, 1.165) is 5.56 Å². The number of benzene rings is 2. The zero-order valence-corrected chi connectivity index (χ0v) is 17.4. The molecule has 1 fully saturated rings. The summed E-state index contributed by atoms with van der Waals surface area (Å²) in [5.74, 6) is -0.121. The van der Waals surface area contributed by atoms with E-state index in [0.29, 0.717) is 27.9 Å². The average Bonchev–Trinajstić information content (AvgIpc) is 3.06. The SMILES string of the molecule is CNC(=O)/C(C#N)=C1\SC(Cc2ccccc2Cl)C(=O)N1c1ccc(OC)cc1. The number of carbonyl (C=O) groups excluding carboxylic acids is 2. The van der Waals surface area contributed by atoms with Crippen LogP contribution >= 0.6 is 23.4 Å². The van der Waals surface area contributed by atoms with Crippen molar-refractivity contribution in [3.8, 4) is 11.8 Å². The molecule has 0 saturated carbocycles. The minimum absolute atomic E-state index is 0.108. The van der Waals surface area contributed by atoms with E-state index in [2.05, 4.69) is 5.32 Å². The number of methoxy groups -OCH3 is 1. The van der Waals surface area contributed by atoms with E-state index in [1.54, 1.807) is 37.4 Å². The van der Waals surface area contributed by atoms with Gasteiger partial charge in [0.15, 0.2) is 0 Å². The number of nitrogens with one attached hydrogen (secondary N) is 1. The number of thioether (sulfide) groups is 1. The van der Waals surface area contributed by atoms with Gasteiger partial charge in [-0.05, 0) is 42.3 Å². The number of nitriles is 1. The van der Waals surface area contributed by atoms with Crippen LogP contribution in [0.3, 0.4) is 0 Å². The van der Waals surface area contributed by atoms with Crippen LogP contribution in [-0.4, -0.2) is 31.2 Å². The standard InChI is InChI=1S/C21H18ClN3O3S/c1-24-19(26)16(12-23)21-25(14-7-9-15(28-2)10-8-14)20(27)18(29-21)11-13-5-3-4-6-17(13)22/h3-10,18H,11H2,1-2H3,(H,24,26)/b21-16-. The second-order valence-corrected chi connectivity index (χ2v) is 7.74. The Labute approximate surface area is 178 Å². The average molecular weight is 428 g/mol. The van der Waals surface area contributed by atoms with Gasteiger partial charge in [0, 0.05) is 17.8 Å². The number of ether oxygens (including phenoxy) is 1. The predicted octanol–water partition coefficient (Wildman–Crippen LogP) is 3.52. The molecule has 6 nitrogen and oxygen atoms in total. The Hall–Kier alpha value is -2.95. The highest BCUT2D eigenvalue weighted by Crippen LogP contribution is 2.42. The molecule has 1 atom stereocenters. The lowest BCUT2D eigenvalue weighted by Gasteiger charge is -2.19. The van der Waals surface area contributed by atoms with E-state index >= 15 is 0 Å². The summed E-state index contributed by atoms with van der Waals surface area (Å²) in [5.41, 5.74) is 1.27. The molecule has 2 aromatic rings. The first-order chi connectivity index (χ1) is 14.0. The van der Waals surface area contributed by atoms with Gasteiger partial charge in [-0.25, -0.2) is 0 Å². The molecule has 1 aliphatic rings. The lowest BCUT2D eigenvalue weighted by Crippen LogP contribution is -2.31. The molecule has 29 heavy (non-hydrogen) atoms. The van der Waals surface area contributed by atoms with E-state index in [-0.39, 0.29) is 11.5 Å². The molecule has 0 aliphatic carbocycles. The Morgan fingerprint density at radius 2 is 1.97 bits per heavy atom. The Morgan fingerprint density at radius 1 is 1.28 bits per heavy atom. The van der Waals surface area contributed by atoms with Crippen LogP contribution in [0.1, 0.15) is 5.56 Å². The van der Waals surface area contributed by atoms with Crippen molar-refractivity contribution in [1.29, 1.82) is 5.26 Å². The van der Waals surface area contributed by atoms with Gasteiger partial charge in [-0.15, -0.1) is 0 Å². The second-order valence-electron chi connectivity index (χ2n) is 6.14. The summed E-state index contributed by atoms with van der Waals surface area (Å²) in [7, 11) is 3.00. The van der Waals surface area contributed by atoms with Crippen LogP contribution < -0.4 is 15.0 Å². The van der Waals surface area contributed by atoms with Crippen molar-refractivity contribution in [3.05, 3.63) is 69.7 Å². The molecule has 3 rings (SSSR count). The van der Waals surface area contributed by atoms with Crippen LogP contribution in [0.5, 0.6) is 5.75 Å². The summed E-state index contributed by atoms with van der Waals surface area (Å²) < 4.78 is 5.17. The molecule has 2 amide bonds. The first-order valence-corrected chi connectivity index (χ1v) is 10.0. The van der Waals surface area contributed by atoms with E-state index in [1.807, 2.05) is 24.3 Å². The first kappa shape index (κ1) is 20.8. The molecule has 0 spiro atoms. The van der Waals surface area contributed by atoms with E-state index in [9.17, 15) is 14.9 Å². The van der Waals surface area contributed by atoms with Crippen molar-refractivity contribution >= 4 is 40.9 Å². The smallest absolute Gasteiger partial charge is 0.264 e. The molecule has 1 heterocycles. The van der Waals surface area contributed by atoms with Crippen LogP contribution in [0.2, 0.25) is 5.02 Å². The van der Waals surface area contributed by atoms with Gasteiger partial charge in [-0.1, -0.05) is 41.6 Å². The van der Waals surface area contributed by atoms with Crippen LogP contribution in [0.15, 0.2) is 59.1 Å². The van der Waals surface area contributed by atoms with Crippen molar-refractivity contribution < 1.29 is 14.3 Å². The monoisotopic (exact) mass is 427 g/mol. The van der Waals surface area contributed by atoms with E-state index in [1.165, 1.54) is 23.7 Å². The molecule has 1 saturated heterocycles. The van der Waals surface area contributed by atoms with Crippen LogP contribution in [-0.2, 0) is 16.0 Å². The Bertz CT molecular complexity index is 1010. The van der Waals surface area contributed by atoms with Crippen LogP contribution in [0.4, 0.5) is 5.69 Å². The Kier molecular flexibility index (Phi) is 6.47. The quantitative estimate of drug-likeness (QED) is 0.583. The van der Waals surface area contributed by atoms with Gasteiger partial charge in [0.2, 0.25) is 5.91 Å². The molecular formula is C21H18ClN3O3S. The van der Waals surface area contributed by atoms with Gasteiger partial charge in [-0.2, -0.15) is 5.26 Å². The summed E-state index contributed by atoms with van der Waals surface area (Å²) in [6.45, 7) is 0. The largest absolute Gasteiger partial charge is 0.497 e. The molecule has 0 bridgehead atoms. The third-order valence-electron chi connectivity index (χ3n) is 4.43. The topological polar surface area (TPSA) is 82.4 Å². The molecular weight excluding hydrogens is 410 g/mol. The number of nitrogens with zero attached hydrogens (tertiary/aromatic N) is 2. The maximum Gasteiger partial charge on any atom is 0.264 e. The molecule has 1 N–H and O–H groups in total. The lowest BCUT2D eigenvalue weighted by atomic mass is 10.1. The number of amides is 2. The summed E-state index contributed by atoms with van der Waals surface area (Å²) in [6, 6.07) is 16.1. The van der Waals surface area contributed by atoms with Crippen molar-refractivity contribution in [2.24, 2.45) is 0 Å². The molecule has 0 radical (unpaired) electrons. The zero-order valence-electron chi connectivity index (χ0n) is 15.8. The third-order valence-corrected chi connectivity index (χ3v) is 6.06. The molecule has 148 valence electrons. The van der Waals surface area contributed by atoms with Gasteiger partial charge >= 0.3 is 0 Å². The van der Waals surface area contributed by atoms with Crippen molar-refractivity contribution in [2.45, 2.75) is 11.7 Å². The molecule has 1 aliphatic heterocycles. The zero-order chi connectivity index (χ0) is 21.0. The number of rotatable bonds is 5. The second kappa shape index (κ2) is 9.03. The maximum absolute atomic E-state index is 13.3. The highest BCUT2D eigenvalue weighted by atomic mass is 35.5. The molecule has 2 aromatic carbocycles. The Balaban J connectivity index is 2.05. The normalized spacial score (nSPS) is 17.7. The number of carbonyl (C=O) groups is 2. The van der Waals surface area contributed by atoms with Crippen molar-refractivity contribution in [3.63, 3.8) is 0 Å². The van der Waals surface area contributed by atoms with Gasteiger partial charge in [0.05, 0.1) is 12.4 Å². The number of halogens is 1. The number of hydrogen-bond donors (Lipinski definition) is 1. The minimum atomic E-state index is -0.542. The lowest BCUT2D eigenvalue weighted by molar-refractivity contribution is -0.117. The fourth-order valence-electron chi connectivity index (χ4n) is 2.94. The molecule has 1 unspecified atom stereocenters. The van der Waals surface area contributed by atoms with E-state index in [4.69, 9.17) is 16.3 Å². The van der Waals surface area contributed by atoms with Crippen molar-refractivity contribution in [1.82, 2.24) is 5.32 Å². The van der Waals surface area contributed by atoms with Gasteiger partial charge < -0.3 is 10.1 Å². The summed E-state index contributed by atoms with van der Waals surface area (Å²) in [4.78, 5) is 26.9. The van der Waals surface area contributed by atoms with Gasteiger partial charge in [-0.3, -0.25) is 14.5 Å². The first-order valence-electron chi connectivity index (χ1n) is 8.74. The van der Waals surface area contributed by atoms with Gasteiger partial charge in [0.1, 0.15) is 22.4 Å². The molecule has 0 aromatic heterocycles. The predicted molar refractivity (Wildman–Crippen MR) is 114 cm³/mol.